The maximum absolute atomic E-state index is 11.1. The summed E-state index contributed by atoms with van der Waals surface area (Å²) in [6, 6.07) is 0.808. The molecule has 0 saturated carbocycles. The molecule has 5 nitrogen and oxygen atoms in total. The molecule has 19 heavy (non-hydrogen) atoms. The molecule has 0 spiro atoms. The topological polar surface area (TPSA) is 54.0 Å². The Hall–Kier alpha value is -0.693. The summed E-state index contributed by atoms with van der Waals surface area (Å²) in [6.07, 6.45) is 3.89. The molecule has 0 aliphatic heterocycles. The third-order valence-corrected chi connectivity index (χ3v) is 5.72. The molecule has 0 aromatic rings. The third-order valence-electron chi connectivity index (χ3n) is 2.89. The Morgan fingerprint density at radius 1 is 1.00 bits per heavy atom. The third kappa shape index (κ3) is 7.46. The lowest BCUT2D eigenvalue weighted by atomic mass is 10.2. The molecule has 0 aromatic heterocycles. The fourth-order valence-corrected chi connectivity index (χ4v) is 3.44. The summed E-state index contributed by atoms with van der Waals surface area (Å²) >= 11 is 0. The first-order valence-electron chi connectivity index (χ1n) is 6.49. The second-order valence-electron chi connectivity index (χ2n) is 4.38. The van der Waals surface area contributed by atoms with Crippen molar-refractivity contribution in [3.8, 4) is 0 Å². The quantitative estimate of drug-likeness (QED) is 0.253. The highest BCUT2D eigenvalue weighted by molar-refractivity contribution is 6.60. The van der Waals surface area contributed by atoms with Gasteiger partial charge in [-0.05, 0) is 19.8 Å². The summed E-state index contributed by atoms with van der Waals surface area (Å²) in [6.45, 7) is 5.62. The molecule has 0 saturated heterocycles. The van der Waals surface area contributed by atoms with Crippen molar-refractivity contribution in [3.63, 3.8) is 0 Å². The van der Waals surface area contributed by atoms with Crippen molar-refractivity contribution in [2.24, 2.45) is 0 Å². The Morgan fingerprint density at radius 2 is 1.53 bits per heavy atom. The van der Waals surface area contributed by atoms with Crippen LogP contribution in [0.3, 0.4) is 0 Å². The van der Waals surface area contributed by atoms with Crippen LogP contribution in [-0.2, 0) is 22.8 Å². The Kier molecular flexibility index (Phi) is 9.77. The van der Waals surface area contributed by atoms with Gasteiger partial charge in [-0.25, -0.2) is 4.79 Å². The number of ether oxygens (including phenoxy) is 1. The van der Waals surface area contributed by atoms with Crippen LogP contribution in [-0.4, -0.2) is 42.7 Å². The minimum absolute atomic E-state index is 0.315. The molecule has 0 rings (SSSR count). The molecule has 0 fully saturated rings. The van der Waals surface area contributed by atoms with Gasteiger partial charge < -0.3 is 18.0 Å². The van der Waals surface area contributed by atoms with Gasteiger partial charge in [0.05, 0.1) is 6.61 Å². The summed E-state index contributed by atoms with van der Waals surface area (Å²) in [5.41, 5.74) is 0.441. The molecule has 0 atom stereocenters. The SMILES string of the molecule is C=C(C)C(=O)OCCCCCC[Si](OC)(OC)OC. The maximum atomic E-state index is 11.1. The molecule has 0 aromatic carbocycles. The summed E-state index contributed by atoms with van der Waals surface area (Å²) < 4.78 is 21.0. The predicted octanol–water partition coefficient (Wildman–Crippen LogP) is 2.54. The first-order chi connectivity index (χ1) is 9.01. The fraction of sp³-hybridized carbons (Fsp3) is 0.769. The van der Waals surface area contributed by atoms with E-state index in [2.05, 4.69) is 6.58 Å². The van der Waals surface area contributed by atoms with Crippen LogP contribution in [0.4, 0.5) is 0 Å². The van der Waals surface area contributed by atoms with Crippen LogP contribution in [0.5, 0.6) is 0 Å². The van der Waals surface area contributed by atoms with Gasteiger partial charge in [-0.2, -0.15) is 0 Å². The highest BCUT2D eigenvalue weighted by Crippen LogP contribution is 2.17. The smallest absolute Gasteiger partial charge is 0.462 e. The Bertz CT molecular complexity index is 268. The van der Waals surface area contributed by atoms with Crippen LogP contribution in [0.15, 0.2) is 12.2 Å². The zero-order valence-electron chi connectivity index (χ0n) is 12.5. The molecule has 0 N–H and O–H groups in total. The van der Waals surface area contributed by atoms with Crippen LogP contribution >= 0.6 is 0 Å². The number of hydrogen-bond acceptors (Lipinski definition) is 5. The van der Waals surface area contributed by atoms with E-state index in [-0.39, 0.29) is 5.97 Å². The highest BCUT2D eigenvalue weighted by atomic mass is 28.4. The summed E-state index contributed by atoms with van der Waals surface area (Å²) in [5.74, 6) is -0.315. The van der Waals surface area contributed by atoms with Gasteiger partial charge in [0.2, 0.25) is 0 Å². The summed E-state index contributed by atoms with van der Waals surface area (Å²) in [5, 5.41) is 0. The maximum Gasteiger partial charge on any atom is 0.500 e. The molecular formula is C13H26O5Si. The Labute approximate surface area is 117 Å². The fourth-order valence-electron chi connectivity index (χ4n) is 1.64. The molecular weight excluding hydrogens is 264 g/mol. The number of esters is 1. The van der Waals surface area contributed by atoms with Crippen molar-refractivity contribution >= 4 is 14.8 Å². The Morgan fingerprint density at radius 3 is 2.00 bits per heavy atom. The summed E-state index contributed by atoms with van der Waals surface area (Å²) in [7, 11) is 2.45. The Balaban J connectivity index is 3.60. The lowest BCUT2D eigenvalue weighted by molar-refractivity contribution is -0.139. The lowest BCUT2D eigenvalue weighted by Crippen LogP contribution is -2.42. The first-order valence-corrected chi connectivity index (χ1v) is 8.42. The second kappa shape index (κ2) is 10.1. The largest absolute Gasteiger partial charge is 0.500 e. The van der Waals surface area contributed by atoms with E-state index in [9.17, 15) is 4.79 Å². The van der Waals surface area contributed by atoms with Crippen molar-refractivity contribution in [2.45, 2.75) is 38.7 Å². The zero-order chi connectivity index (χ0) is 14.7. The van der Waals surface area contributed by atoms with Crippen molar-refractivity contribution in [1.82, 2.24) is 0 Å². The van der Waals surface area contributed by atoms with Crippen LogP contribution in [0.1, 0.15) is 32.6 Å². The van der Waals surface area contributed by atoms with Crippen molar-refractivity contribution in [3.05, 3.63) is 12.2 Å². The molecule has 0 aliphatic rings. The molecule has 0 aliphatic carbocycles. The van der Waals surface area contributed by atoms with Crippen LogP contribution in [0.2, 0.25) is 6.04 Å². The van der Waals surface area contributed by atoms with Gasteiger partial charge in [-0.15, -0.1) is 0 Å². The van der Waals surface area contributed by atoms with Crippen molar-refractivity contribution < 1.29 is 22.8 Å². The molecule has 0 amide bonds. The van der Waals surface area contributed by atoms with E-state index < -0.39 is 8.80 Å². The van der Waals surface area contributed by atoms with E-state index >= 15 is 0 Å². The number of carbonyl (C=O) groups excluding carboxylic acids is 1. The average Bonchev–Trinajstić information content (AvgIpc) is 2.42. The number of rotatable bonds is 11. The molecule has 6 heteroatoms. The minimum Gasteiger partial charge on any atom is -0.462 e. The highest BCUT2D eigenvalue weighted by Gasteiger charge is 2.36. The number of hydrogen-bond donors (Lipinski definition) is 0. The number of unbranched alkanes of at least 4 members (excludes halogenated alkanes) is 3. The molecule has 0 bridgehead atoms. The van der Waals surface area contributed by atoms with Crippen LogP contribution in [0, 0.1) is 0 Å². The van der Waals surface area contributed by atoms with E-state index in [0.717, 1.165) is 31.7 Å². The lowest BCUT2D eigenvalue weighted by Gasteiger charge is -2.24. The van der Waals surface area contributed by atoms with Gasteiger partial charge in [0.15, 0.2) is 0 Å². The average molecular weight is 290 g/mol. The summed E-state index contributed by atoms with van der Waals surface area (Å²) in [4.78, 5) is 11.1. The number of carbonyl (C=O) groups is 1. The van der Waals surface area contributed by atoms with Gasteiger partial charge in [-0.1, -0.05) is 19.4 Å². The van der Waals surface area contributed by atoms with E-state index in [1.165, 1.54) is 0 Å². The normalized spacial score (nSPS) is 11.4. The van der Waals surface area contributed by atoms with E-state index in [1.807, 2.05) is 0 Å². The zero-order valence-corrected chi connectivity index (χ0v) is 13.5. The predicted molar refractivity (Wildman–Crippen MR) is 75.8 cm³/mol. The van der Waals surface area contributed by atoms with Crippen molar-refractivity contribution in [2.75, 3.05) is 27.9 Å². The van der Waals surface area contributed by atoms with E-state index in [4.69, 9.17) is 18.0 Å². The van der Waals surface area contributed by atoms with Gasteiger partial charge in [0.1, 0.15) is 0 Å². The monoisotopic (exact) mass is 290 g/mol. The molecule has 0 unspecified atom stereocenters. The van der Waals surface area contributed by atoms with Gasteiger partial charge in [-0.3, -0.25) is 0 Å². The van der Waals surface area contributed by atoms with E-state index in [0.29, 0.717) is 12.2 Å². The minimum atomic E-state index is -2.42. The van der Waals surface area contributed by atoms with Gasteiger partial charge in [0, 0.05) is 32.9 Å². The molecule has 112 valence electrons. The molecule has 0 radical (unpaired) electrons. The van der Waals surface area contributed by atoms with Crippen molar-refractivity contribution in [1.29, 1.82) is 0 Å². The van der Waals surface area contributed by atoms with Gasteiger partial charge in [0.25, 0.3) is 0 Å². The van der Waals surface area contributed by atoms with Crippen LogP contribution < -0.4 is 0 Å². The van der Waals surface area contributed by atoms with Crippen LogP contribution in [0.25, 0.3) is 0 Å². The molecule has 0 heterocycles. The van der Waals surface area contributed by atoms with E-state index in [1.54, 1.807) is 28.3 Å². The first kappa shape index (κ1) is 18.3. The second-order valence-corrected chi connectivity index (χ2v) is 7.47. The standard InChI is InChI=1S/C13H26O5Si/c1-12(2)13(14)18-10-8-6-7-9-11-19(15-3,16-4)17-5/h1,6-11H2,2-5H3. The van der Waals surface area contributed by atoms with Gasteiger partial charge >= 0.3 is 14.8 Å².